The molecule has 0 amide bonds. The standard InChI is InChI=1S/C13H21BrN4O/c1-3-6-15-12-11(14)13(17-9-16-12)18(2)8-10-5-4-7-19-10/h9-10H,3-8H2,1-2H3,(H,15,16,17). The second kappa shape index (κ2) is 7.05. The normalized spacial score (nSPS) is 18.6. The molecule has 0 saturated carbocycles. The number of hydrogen-bond donors (Lipinski definition) is 1. The van der Waals surface area contributed by atoms with Crippen molar-refractivity contribution in [2.75, 3.05) is 37.0 Å². The van der Waals surface area contributed by atoms with Crippen molar-refractivity contribution in [1.29, 1.82) is 0 Å². The van der Waals surface area contributed by atoms with E-state index in [9.17, 15) is 0 Å². The van der Waals surface area contributed by atoms with E-state index in [1.165, 1.54) is 0 Å². The molecule has 106 valence electrons. The van der Waals surface area contributed by atoms with Crippen molar-refractivity contribution >= 4 is 27.6 Å². The molecular formula is C13H21BrN4O. The van der Waals surface area contributed by atoms with Crippen molar-refractivity contribution in [1.82, 2.24) is 9.97 Å². The lowest BCUT2D eigenvalue weighted by Gasteiger charge is -2.23. The SMILES string of the molecule is CCCNc1ncnc(N(C)CC2CCCO2)c1Br. The van der Waals surface area contributed by atoms with Gasteiger partial charge in [0.25, 0.3) is 0 Å². The summed E-state index contributed by atoms with van der Waals surface area (Å²) in [6, 6.07) is 0. The number of likely N-dealkylation sites (N-methyl/N-ethyl adjacent to an activating group) is 1. The van der Waals surface area contributed by atoms with Crippen LogP contribution in [0.15, 0.2) is 10.8 Å². The summed E-state index contributed by atoms with van der Waals surface area (Å²) >= 11 is 3.59. The zero-order chi connectivity index (χ0) is 13.7. The second-order valence-corrected chi connectivity index (χ2v) is 5.60. The van der Waals surface area contributed by atoms with Gasteiger partial charge in [-0.1, -0.05) is 6.92 Å². The first-order valence-corrected chi connectivity index (χ1v) is 7.58. The third kappa shape index (κ3) is 3.79. The van der Waals surface area contributed by atoms with Crippen LogP contribution in [0.3, 0.4) is 0 Å². The molecule has 5 nitrogen and oxygen atoms in total. The molecule has 19 heavy (non-hydrogen) atoms. The van der Waals surface area contributed by atoms with Gasteiger partial charge in [0.1, 0.15) is 22.4 Å². The molecule has 0 bridgehead atoms. The smallest absolute Gasteiger partial charge is 0.148 e. The van der Waals surface area contributed by atoms with Crippen LogP contribution in [-0.2, 0) is 4.74 Å². The molecule has 6 heteroatoms. The summed E-state index contributed by atoms with van der Waals surface area (Å²) in [7, 11) is 2.04. The lowest BCUT2D eigenvalue weighted by molar-refractivity contribution is 0.116. The number of ether oxygens (including phenoxy) is 1. The Kier molecular flexibility index (Phi) is 5.39. The van der Waals surface area contributed by atoms with Gasteiger partial charge < -0.3 is 15.0 Å². The summed E-state index contributed by atoms with van der Waals surface area (Å²) in [5.74, 6) is 1.76. The largest absolute Gasteiger partial charge is 0.376 e. The number of nitrogens with one attached hydrogen (secondary N) is 1. The summed E-state index contributed by atoms with van der Waals surface area (Å²) in [5, 5.41) is 3.30. The number of nitrogens with zero attached hydrogens (tertiary/aromatic N) is 3. The molecule has 1 aliphatic rings. The number of anilines is 2. The highest BCUT2D eigenvalue weighted by Gasteiger charge is 2.20. The van der Waals surface area contributed by atoms with E-state index in [0.717, 1.165) is 55.1 Å². The van der Waals surface area contributed by atoms with Gasteiger partial charge in [0.15, 0.2) is 0 Å². The average molecular weight is 329 g/mol. The van der Waals surface area contributed by atoms with Crippen LogP contribution in [0.25, 0.3) is 0 Å². The monoisotopic (exact) mass is 328 g/mol. The topological polar surface area (TPSA) is 50.3 Å². The Hall–Kier alpha value is -0.880. The maximum absolute atomic E-state index is 5.66. The average Bonchev–Trinajstić information content (AvgIpc) is 2.90. The highest BCUT2D eigenvalue weighted by molar-refractivity contribution is 9.10. The first-order chi connectivity index (χ1) is 9.22. The predicted molar refractivity (Wildman–Crippen MR) is 80.8 cm³/mol. The fraction of sp³-hybridized carbons (Fsp3) is 0.692. The van der Waals surface area contributed by atoms with Gasteiger partial charge in [0, 0.05) is 26.7 Å². The van der Waals surface area contributed by atoms with Gasteiger partial charge in [-0.2, -0.15) is 0 Å². The van der Waals surface area contributed by atoms with Crippen molar-refractivity contribution in [3.63, 3.8) is 0 Å². The molecule has 0 radical (unpaired) electrons. The van der Waals surface area contributed by atoms with Crippen LogP contribution in [0.1, 0.15) is 26.2 Å². The van der Waals surface area contributed by atoms with Crippen molar-refractivity contribution < 1.29 is 4.74 Å². The zero-order valence-corrected chi connectivity index (χ0v) is 13.1. The maximum Gasteiger partial charge on any atom is 0.148 e. The Morgan fingerprint density at radius 2 is 2.37 bits per heavy atom. The second-order valence-electron chi connectivity index (χ2n) is 4.80. The van der Waals surface area contributed by atoms with E-state index in [0.29, 0.717) is 6.10 Å². The van der Waals surface area contributed by atoms with Gasteiger partial charge in [0.2, 0.25) is 0 Å². The molecule has 1 fully saturated rings. The van der Waals surface area contributed by atoms with Gasteiger partial charge in [-0.05, 0) is 35.2 Å². The number of rotatable bonds is 6. The molecular weight excluding hydrogens is 308 g/mol. The van der Waals surface area contributed by atoms with Gasteiger partial charge >= 0.3 is 0 Å². The maximum atomic E-state index is 5.66. The van der Waals surface area contributed by atoms with Crippen molar-refractivity contribution in [3.8, 4) is 0 Å². The molecule has 2 rings (SSSR count). The molecule has 1 unspecified atom stereocenters. The highest BCUT2D eigenvalue weighted by atomic mass is 79.9. The Labute approximate surface area is 122 Å². The molecule has 2 heterocycles. The van der Waals surface area contributed by atoms with E-state index in [1.807, 2.05) is 7.05 Å². The molecule has 0 aliphatic carbocycles. The molecule has 1 atom stereocenters. The molecule has 0 aromatic carbocycles. The van der Waals surface area contributed by atoms with Crippen molar-refractivity contribution in [2.45, 2.75) is 32.3 Å². The van der Waals surface area contributed by atoms with E-state index in [4.69, 9.17) is 4.74 Å². The summed E-state index contributed by atoms with van der Waals surface area (Å²) in [4.78, 5) is 10.7. The predicted octanol–water partition coefficient (Wildman–Crippen LogP) is 2.68. The summed E-state index contributed by atoms with van der Waals surface area (Å²) in [6.45, 7) is 4.78. The minimum atomic E-state index is 0.318. The number of hydrogen-bond acceptors (Lipinski definition) is 5. The summed E-state index contributed by atoms with van der Waals surface area (Å²) in [5.41, 5.74) is 0. The van der Waals surface area contributed by atoms with Gasteiger partial charge in [-0.15, -0.1) is 0 Å². The highest BCUT2D eigenvalue weighted by Crippen LogP contribution is 2.29. The third-order valence-electron chi connectivity index (χ3n) is 3.18. The first kappa shape index (κ1) is 14.5. The molecule has 1 aromatic heterocycles. The molecule has 1 aliphatic heterocycles. The van der Waals surface area contributed by atoms with E-state index >= 15 is 0 Å². The molecule has 1 saturated heterocycles. The van der Waals surface area contributed by atoms with E-state index < -0.39 is 0 Å². The minimum absolute atomic E-state index is 0.318. The van der Waals surface area contributed by atoms with Crippen molar-refractivity contribution in [3.05, 3.63) is 10.8 Å². The molecule has 1 aromatic rings. The summed E-state index contributed by atoms with van der Waals surface area (Å²) in [6.07, 6.45) is 5.28. The van der Waals surface area contributed by atoms with E-state index in [1.54, 1.807) is 6.33 Å². The zero-order valence-electron chi connectivity index (χ0n) is 11.5. The summed E-state index contributed by atoms with van der Waals surface area (Å²) < 4.78 is 6.58. The van der Waals surface area contributed by atoms with Crippen molar-refractivity contribution in [2.24, 2.45) is 0 Å². The third-order valence-corrected chi connectivity index (χ3v) is 3.91. The Morgan fingerprint density at radius 1 is 1.53 bits per heavy atom. The van der Waals surface area contributed by atoms with Crippen LogP contribution < -0.4 is 10.2 Å². The fourth-order valence-corrected chi connectivity index (χ4v) is 2.82. The van der Waals surface area contributed by atoms with Gasteiger partial charge in [-0.3, -0.25) is 0 Å². The Balaban J connectivity index is 2.05. The van der Waals surface area contributed by atoms with Crippen LogP contribution in [0.4, 0.5) is 11.6 Å². The fourth-order valence-electron chi connectivity index (χ4n) is 2.17. The Bertz CT molecular complexity index is 410. The van der Waals surface area contributed by atoms with Gasteiger partial charge in [0.05, 0.1) is 6.10 Å². The van der Waals surface area contributed by atoms with Crippen LogP contribution in [0.2, 0.25) is 0 Å². The first-order valence-electron chi connectivity index (χ1n) is 6.79. The van der Waals surface area contributed by atoms with Crippen LogP contribution in [0.5, 0.6) is 0 Å². The van der Waals surface area contributed by atoms with Crippen LogP contribution >= 0.6 is 15.9 Å². The van der Waals surface area contributed by atoms with Gasteiger partial charge in [-0.25, -0.2) is 9.97 Å². The van der Waals surface area contributed by atoms with Crippen LogP contribution in [0, 0.1) is 0 Å². The number of aromatic nitrogens is 2. The lowest BCUT2D eigenvalue weighted by atomic mass is 10.2. The molecule has 0 spiro atoms. The van der Waals surface area contributed by atoms with E-state index in [-0.39, 0.29) is 0 Å². The van der Waals surface area contributed by atoms with Crippen LogP contribution in [-0.4, -0.2) is 42.8 Å². The Morgan fingerprint density at radius 3 is 3.05 bits per heavy atom. The quantitative estimate of drug-likeness (QED) is 0.870. The number of halogens is 1. The lowest BCUT2D eigenvalue weighted by Crippen LogP contribution is -2.29. The minimum Gasteiger partial charge on any atom is -0.376 e. The van der Waals surface area contributed by atoms with E-state index in [2.05, 4.69) is 43.0 Å². The molecule has 1 N–H and O–H groups in total.